The molecule has 0 aromatic rings. The molecule has 1 atom stereocenters. The van der Waals surface area contributed by atoms with Crippen LogP contribution in [0.4, 0.5) is 0 Å². The molecule has 1 unspecified atom stereocenters. The first-order chi connectivity index (χ1) is 12.8. The largest absolute Gasteiger partial charge is 0.466 e. The van der Waals surface area contributed by atoms with Gasteiger partial charge in [0.2, 0.25) is 0 Å². The Morgan fingerprint density at radius 2 is 1.30 bits per heavy atom. The summed E-state index contributed by atoms with van der Waals surface area (Å²) in [5, 5.41) is 10.3. The number of hydrogen-bond acceptors (Lipinski definition) is 2. The maximum Gasteiger partial charge on any atom is 0.466 e. The third-order valence-corrected chi connectivity index (χ3v) is 4.11. The highest BCUT2D eigenvalue weighted by Gasteiger charge is 2.01. The van der Waals surface area contributed by atoms with Crippen LogP contribution in [0.25, 0.3) is 0 Å². The van der Waals surface area contributed by atoms with Crippen molar-refractivity contribution >= 4 is 7.82 Å². The quantitative estimate of drug-likeness (QED) is 0.166. The van der Waals surface area contributed by atoms with Crippen molar-refractivity contribution in [3.05, 3.63) is 12.2 Å². The topological polar surface area (TPSA) is 107 Å². The number of phosphoric acid groups is 1. The van der Waals surface area contributed by atoms with Crippen molar-refractivity contribution < 1.29 is 29.1 Å². The summed E-state index contributed by atoms with van der Waals surface area (Å²) >= 11 is 0. The molecule has 0 saturated carbocycles. The van der Waals surface area contributed by atoms with Gasteiger partial charge in [-0.15, -0.1) is 0 Å². The van der Waals surface area contributed by atoms with E-state index in [1.54, 1.807) is 0 Å². The Kier molecular flexibility index (Phi) is 23.7. The molecule has 0 heterocycles. The van der Waals surface area contributed by atoms with Crippen molar-refractivity contribution in [3.63, 3.8) is 0 Å². The van der Waals surface area contributed by atoms with Crippen LogP contribution in [-0.2, 0) is 14.4 Å². The summed E-state index contributed by atoms with van der Waals surface area (Å²) < 4.78 is 14.3. The van der Waals surface area contributed by atoms with Crippen LogP contribution in [0.2, 0.25) is 0 Å². The average Bonchev–Trinajstić information content (AvgIpc) is 2.58. The summed E-state index contributed by atoms with van der Waals surface area (Å²) in [6.07, 6.45) is 22.1. The van der Waals surface area contributed by atoms with Crippen LogP contribution >= 0.6 is 7.82 Å². The van der Waals surface area contributed by atoms with Gasteiger partial charge in [0.05, 0.1) is 12.7 Å². The molecule has 7 heteroatoms. The van der Waals surface area contributed by atoms with Crippen molar-refractivity contribution in [1.29, 1.82) is 0 Å². The van der Waals surface area contributed by atoms with E-state index in [4.69, 9.17) is 24.0 Å². The predicted molar refractivity (Wildman–Crippen MR) is 110 cm³/mol. The SMILES string of the molecule is CCCCCCCC/C=C\CCCCCCC(C)OCC[O].O=P(O)(O)O. The molecule has 0 aliphatic carbocycles. The number of ether oxygens (including phenoxy) is 1. The van der Waals surface area contributed by atoms with Gasteiger partial charge in [-0.2, -0.15) is 0 Å². The first kappa shape index (κ1) is 29.0. The van der Waals surface area contributed by atoms with Crippen LogP contribution in [0, 0.1) is 0 Å². The maximum atomic E-state index is 10.3. The van der Waals surface area contributed by atoms with Crippen LogP contribution in [-0.4, -0.2) is 34.0 Å². The van der Waals surface area contributed by atoms with E-state index < -0.39 is 7.82 Å². The average molecular weight is 410 g/mol. The van der Waals surface area contributed by atoms with E-state index in [1.807, 2.05) is 0 Å². The van der Waals surface area contributed by atoms with Crippen LogP contribution < -0.4 is 0 Å². The molecule has 0 spiro atoms. The first-order valence-corrected chi connectivity index (χ1v) is 12.0. The Labute approximate surface area is 166 Å². The van der Waals surface area contributed by atoms with E-state index in [0.29, 0.717) is 6.61 Å². The Morgan fingerprint density at radius 3 is 1.78 bits per heavy atom. The lowest BCUT2D eigenvalue weighted by Crippen LogP contribution is -2.10. The zero-order valence-electron chi connectivity index (χ0n) is 17.4. The standard InChI is InChI=1S/C20H39O2.H3O4P/c1-3-4-5-6-7-8-9-10-11-12-13-14-15-16-17-20(2)22-19-18-21;1-5(2,3)4/h10-11,20H,3-9,12-19H2,1-2H3;(H3,1,2,3,4)/b11-10-;. The fourth-order valence-electron chi connectivity index (χ4n) is 2.66. The van der Waals surface area contributed by atoms with E-state index in [9.17, 15) is 5.11 Å². The Bertz CT molecular complexity index is 348. The van der Waals surface area contributed by atoms with Crippen molar-refractivity contribution in [2.75, 3.05) is 13.2 Å². The predicted octanol–water partition coefficient (Wildman–Crippen LogP) is 5.54. The van der Waals surface area contributed by atoms with Crippen molar-refractivity contribution in [2.24, 2.45) is 0 Å². The van der Waals surface area contributed by atoms with Gasteiger partial charge in [-0.1, -0.05) is 70.4 Å². The normalized spacial score (nSPS) is 12.8. The van der Waals surface area contributed by atoms with Gasteiger partial charge >= 0.3 is 7.82 Å². The Balaban J connectivity index is 0. The molecule has 163 valence electrons. The molecule has 0 aromatic heterocycles. The molecule has 27 heavy (non-hydrogen) atoms. The van der Waals surface area contributed by atoms with Crippen molar-refractivity contribution in [2.45, 2.75) is 103 Å². The fraction of sp³-hybridized carbons (Fsp3) is 0.900. The van der Waals surface area contributed by atoms with E-state index in [1.165, 1.54) is 77.0 Å². The summed E-state index contributed by atoms with van der Waals surface area (Å²) in [5.41, 5.74) is 0. The summed E-state index contributed by atoms with van der Waals surface area (Å²) in [6.45, 7) is 4.59. The zero-order valence-corrected chi connectivity index (χ0v) is 18.2. The molecule has 0 aromatic carbocycles. The summed E-state index contributed by atoms with van der Waals surface area (Å²) in [5.74, 6) is 0. The van der Waals surface area contributed by atoms with E-state index in [0.717, 1.165) is 6.42 Å². The highest BCUT2D eigenvalue weighted by atomic mass is 31.2. The van der Waals surface area contributed by atoms with Crippen molar-refractivity contribution in [3.8, 4) is 0 Å². The van der Waals surface area contributed by atoms with E-state index in [-0.39, 0.29) is 12.7 Å². The molecule has 0 aliphatic heterocycles. The maximum absolute atomic E-state index is 10.3. The molecule has 0 saturated heterocycles. The number of unbranched alkanes of at least 4 members (excludes halogenated alkanes) is 10. The highest BCUT2D eigenvalue weighted by Crippen LogP contribution is 2.25. The minimum Gasteiger partial charge on any atom is -0.376 e. The molecule has 0 rings (SSSR count). The van der Waals surface area contributed by atoms with Gasteiger partial charge in [0.1, 0.15) is 6.61 Å². The Morgan fingerprint density at radius 1 is 0.852 bits per heavy atom. The number of allylic oxidation sites excluding steroid dienone is 2. The first-order valence-electron chi connectivity index (χ1n) is 10.4. The molecule has 0 aliphatic rings. The molecule has 0 amide bonds. The van der Waals surface area contributed by atoms with Gasteiger partial charge in [-0.25, -0.2) is 9.67 Å². The van der Waals surface area contributed by atoms with Crippen molar-refractivity contribution in [1.82, 2.24) is 0 Å². The smallest absolute Gasteiger partial charge is 0.376 e. The van der Waals surface area contributed by atoms with Crippen LogP contribution in [0.15, 0.2) is 12.2 Å². The molecule has 0 bridgehead atoms. The molecular formula is C20H42O6P. The molecule has 6 nitrogen and oxygen atoms in total. The molecular weight excluding hydrogens is 367 g/mol. The number of hydrogen-bond donors (Lipinski definition) is 3. The molecule has 0 fully saturated rings. The number of rotatable bonds is 17. The van der Waals surface area contributed by atoms with Gasteiger partial charge in [0, 0.05) is 0 Å². The van der Waals surface area contributed by atoms with Gasteiger partial charge in [-0.3, -0.25) is 0 Å². The fourth-order valence-corrected chi connectivity index (χ4v) is 2.66. The third-order valence-electron chi connectivity index (χ3n) is 4.11. The van der Waals surface area contributed by atoms with Gasteiger partial charge in [-0.05, 0) is 39.0 Å². The second-order valence-electron chi connectivity index (χ2n) is 6.92. The van der Waals surface area contributed by atoms with E-state index in [2.05, 4.69) is 26.0 Å². The molecule has 3 N–H and O–H groups in total. The second kappa shape index (κ2) is 22.1. The third kappa shape index (κ3) is 37.3. The van der Waals surface area contributed by atoms with Gasteiger partial charge in [0.25, 0.3) is 0 Å². The summed E-state index contributed by atoms with van der Waals surface area (Å²) in [4.78, 5) is 21.6. The minimum atomic E-state index is -4.64. The Hall–Kier alpha value is -0.230. The molecule has 1 radical (unpaired) electrons. The van der Waals surface area contributed by atoms with Crippen LogP contribution in [0.1, 0.15) is 97.3 Å². The van der Waals surface area contributed by atoms with Gasteiger partial charge in [0.15, 0.2) is 0 Å². The summed E-state index contributed by atoms with van der Waals surface area (Å²) in [7, 11) is -4.64. The lowest BCUT2D eigenvalue weighted by Gasteiger charge is -2.11. The van der Waals surface area contributed by atoms with Crippen LogP contribution in [0.3, 0.4) is 0 Å². The summed E-state index contributed by atoms with van der Waals surface area (Å²) in [6, 6.07) is 0. The highest BCUT2D eigenvalue weighted by molar-refractivity contribution is 7.45. The lowest BCUT2D eigenvalue weighted by molar-refractivity contribution is 0.0162. The monoisotopic (exact) mass is 409 g/mol. The lowest BCUT2D eigenvalue weighted by atomic mass is 10.1. The van der Waals surface area contributed by atoms with Crippen LogP contribution in [0.5, 0.6) is 0 Å². The zero-order chi connectivity index (χ0) is 20.8. The minimum absolute atomic E-state index is 0.116. The van der Waals surface area contributed by atoms with Gasteiger partial charge < -0.3 is 19.4 Å². The second-order valence-corrected chi connectivity index (χ2v) is 7.94. The van der Waals surface area contributed by atoms with E-state index >= 15 is 0 Å².